The highest BCUT2D eigenvalue weighted by Crippen LogP contribution is 2.26. The molecule has 0 spiro atoms. The van der Waals surface area contributed by atoms with Crippen molar-refractivity contribution >= 4 is 27.7 Å². The molecule has 0 aliphatic rings. The first kappa shape index (κ1) is 27.4. The average molecular weight is 555 g/mol. The second kappa shape index (κ2) is 13.2. The monoisotopic (exact) mass is 554 g/mol. The summed E-state index contributed by atoms with van der Waals surface area (Å²) in [7, 11) is 0. The van der Waals surface area contributed by atoms with Crippen LogP contribution in [0.25, 0.3) is 0 Å². The molecule has 0 bridgehead atoms. The predicted molar refractivity (Wildman–Crippen MR) is 143 cm³/mol. The summed E-state index contributed by atoms with van der Waals surface area (Å²) in [5.74, 6) is -0.619. The highest BCUT2D eigenvalue weighted by atomic mass is 79.9. The third-order valence-electron chi connectivity index (χ3n) is 5.76. The van der Waals surface area contributed by atoms with Crippen LogP contribution in [0.4, 0.5) is 4.39 Å². The fourth-order valence-electron chi connectivity index (χ4n) is 3.85. The van der Waals surface area contributed by atoms with Crippen molar-refractivity contribution in [1.29, 1.82) is 0 Å². The molecule has 36 heavy (non-hydrogen) atoms. The van der Waals surface area contributed by atoms with Gasteiger partial charge in [-0.3, -0.25) is 9.59 Å². The second-order valence-corrected chi connectivity index (χ2v) is 9.74. The molecule has 0 unspecified atom stereocenters. The molecule has 0 fully saturated rings. The number of hydrogen-bond donors (Lipinski definition) is 1. The van der Waals surface area contributed by atoms with Crippen LogP contribution in [0, 0.1) is 5.82 Å². The molecule has 0 aromatic heterocycles. The van der Waals surface area contributed by atoms with Crippen molar-refractivity contribution in [2.45, 2.75) is 52.2 Å². The van der Waals surface area contributed by atoms with Crippen LogP contribution < -0.4 is 10.1 Å². The van der Waals surface area contributed by atoms with Gasteiger partial charge in [-0.2, -0.15) is 0 Å². The van der Waals surface area contributed by atoms with Crippen LogP contribution in [0.15, 0.2) is 77.3 Å². The predicted octanol–water partition coefficient (Wildman–Crippen LogP) is 5.69. The summed E-state index contributed by atoms with van der Waals surface area (Å²) >= 11 is 3.50. The number of carbonyl (C=O) groups excluding carboxylic acids is 2. The number of hydrogen-bond acceptors (Lipinski definition) is 3. The van der Waals surface area contributed by atoms with E-state index in [2.05, 4.69) is 28.2 Å². The highest BCUT2D eigenvalue weighted by molar-refractivity contribution is 9.10. The molecule has 0 heterocycles. The van der Waals surface area contributed by atoms with E-state index in [0.717, 1.165) is 22.0 Å². The van der Waals surface area contributed by atoms with Gasteiger partial charge in [-0.1, -0.05) is 61.5 Å². The zero-order chi connectivity index (χ0) is 26.1. The Labute approximate surface area is 220 Å². The van der Waals surface area contributed by atoms with Crippen LogP contribution in [-0.2, 0) is 29.0 Å². The van der Waals surface area contributed by atoms with E-state index in [0.29, 0.717) is 11.3 Å². The molecule has 0 aliphatic carbocycles. The van der Waals surface area contributed by atoms with E-state index in [9.17, 15) is 14.0 Å². The average Bonchev–Trinajstić information content (AvgIpc) is 2.86. The summed E-state index contributed by atoms with van der Waals surface area (Å²) in [5.41, 5.74) is 2.36. The Bertz CT molecular complexity index is 1170. The van der Waals surface area contributed by atoms with Crippen molar-refractivity contribution in [2.75, 3.05) is 6.61 Å². The maximum Gasteiger partial charge on any atom is 0.261 e. The number of carbonyl (C=O) groups is 2. The van der Waals surface area contributed by atoms with Gasteiger partial charge in [0.15, 0.2) is 6.61 Å². The van der Waals surface area contributed by atoms with E-state index < -0.39 is 17.8 Å². The van der Waals surface area contributed by atoms with Gasteiger partial charge in [0.05, 0.1) is 4.47 Å². The standard InChI is InChI=1S/C29H32BrFN2O3/c1-4-21-14-15-27(24(30)16-21)36-19-28(34)33(18-23-12-8-9-13-25(23)31)26(29(35)32-20(2)3)17-22-10-6-5-7-11-22/h5-16,20,26H,4,17-19H2,1-3H3,(H,32,35)/t26-/m1/s1. The molecule has 2 amide bonds. The first-order valence-corrected chi connectivity index (χ1v) is 12.9. The van der Waals surface area contributed by atoms with Gasteiger partial charge >= 0.3 is 0 Å². The minimum atomic E-state index is -0.851. The Hall–Kier alpha value is -3.19. The maximum atomic E-state index is 14.6. The van der Waals surface area contributed by atoms with Crippen molar-refractivity contribution in [2.24, 2.45) is 0 Å². The van der Waals surface area contributed by atoms with Crippen molar-refractivity contribution < 1.29 is 18.7 Å². The SMILES string of the molecule is CCc1ccc(OCC(=O)N(Cc2ccccc2F)[C@H](Cc2ccccc2)C(=O)NC(C)C)c(Br)c1. The Morgan fingerprint density at radius 1 is 1.00 bits per heavy atom. The van der Waals surface area contributed by atoms with Crippen molar-refractivity contribution in [3.05, 3.63) is 99.8 Å². The smallest absolute Gasteiger partial charge is 0.261 e. The van der Waals surface area contributed by atoms with E-state index in [1.165, 1.54) is 11.0 Å². The lowest BCUT2D eigenvalue weighted by molar-refractivity contribution is -0.143. The maximum absolute atomic E-state index is 14.6. The second-order valence-electron chi connectivity index (χ2n) is 8.89. The number of nitrogens with zero attached hydrogens (tertiary/aromatic N) is 1. The van der Waals surface area contributed by atoms with Gasteiger partial charge in [0.2, 0.25) is 5.91 Å². The van der Waals surface area contributed by atoms with E-state index in [1.807, 2.05) is 62.4 Å². The van der Waals surface area contributed by atoms with Gasteiger partial charge in [-0.05, 0) is 65.5 Å². The van der Waals surface area contributed by atoms with Gasteiger partial charge in [-0.15, -0.1) is 0 Å². The van der Waals surface area contributed by atoms with Crippen LogP contribution in [0.3, 0.4) is 0 Å². The summed E-state index contributed by atoms with van der Waals surface area (Å²) in [5, 5.41) is 2.92. The van der Waals surface area contributed by atoms with Gasteiger partial charge in [0.1, 0.15) is 17.6 Å². The third-order valence-corrected chi connectivity index (χ3v) is 6.38. The fraction of sp³-hybridized carbons (Fsp3) is 0.310. The van der Waals surface area contributed by atoms with E-state index in [-0.39, 0.29) is 31.5 Å². The van der Waals surface area contributed by atoms with Gasteiger partial charge < -0.3 is 15.0 Å². The molecule has 3 rings (SSSR count). The normalized spacial score (nSPS) is 11.7. The molecule has 190 valence electrons. The lowest BCUT2D eigenvalue weighted by Crippen LogP contribution is -2.53. The lowest BCUT2D eigenvalue weighted by atomic mass is 10.0. The first-order chi connectivity index (χ1) is 17.3. The summed E-state index contributed by atoms with van der Waals surface area (Å²) in [6.07, 6.45) is 1.16. The minimum Gasteiger partial charge on any atom is -0.483 e. The highest BCUT2D eigenvalue weighted by Gasteiger charge is 2.31. The molecule has 0 saturated carbocycles. The molecule has 5 nitrogen and oxygen atoms in total. The molecule has 3 aromatic rings. The Morgan fingerprint density at radius 3 is 2.33 bits per heavy atom. The molecule has 1 N–H and O–H groups in total. The molecule has 1 atom stereocenters. The number of amides is 2. The van der Waals surface area contributed by atoms with Crippen molar-refractivity contribution in [3.8, 4) is 5.75 Å². The van der Waals surface area contributed by atoms with Crippen LogP contribution in [0.1, 0.15) is 37.5 Å². The van der Waals surface area contributed by atoms with Crippen molar-refractivity contribution in [3.63, 3.8) is 0 Å². The zero-order valence-corrected chi connectivity index (χ0v) is 22.4. The quantitative estimate of drug-likeness (QED) is 0.331. The molecule has 7 heteroatoms. The number of ether oxygens (including phenoxy) is 1. The summed E-state index contributed by atoms with van der Waals surface area (Å²) in [6, 6.07) is 20.5. The van der Waals surface area contributed by atoms with E-state index in [4.69, 9.17) is 4.74 Å². The summed E-state index contributed by atoms with van der Waals surface area (Å²) in [6.45, 7) is 5.43. The summed E-state index contributed by atoms with van der Waals surface area (Å²) in [4.78, 5) is 28.3. The molecule has 0 saturated heterocycles. The summed E-state index contributed by atoms with van der Waals surface area (Å²) < 4.78 is 21.2. The van der Waals surface area contributed by atoms with Crippen LogP contribution in [-0.4, -0.2) is 35.4 Å². The third kappa shape index (κ3) is 7.65. The van der Waals surface area contributed by atoms with E-state index >= 15 is 0 Å². The first-order valence-electron chi connectivity index (χ1n) is 12.1. The Kier molecular flexibility index (Phi) is 10.1. The number of rotatable bonds is 11. The Balaban J connectivity index is 1.92. The Morgan fingerprint density at radius 2 is 1.69 bits per heavy atom. The van der Waals surface area contributed by atoms with Crippen LogP contribution in [0.2, 0.25) is 0 Å². The van der Waals surface area contributed by atoms with Crippen LogP contribution in [0.5, 0.6) is 5.75 Å². The molecular weight excluding hydrogens is 523 g/mol. The molecule has 0 aliphatic heterocycles. The number of nitrogens with one attached hydrogen (secondary N) is 1. The van der Waals surface area contributed by atoms with Gasteiger partial charge in [0, 0.05) is 24.6 Å². The topological polar surface area (TPSA) is 58.6 Å². The molecule has 3 aromatic carbocycles. The minimum absolute atomic E-state index is 0.0617. The molecular formula is C29H32BrFN2O3. The largest absolute Gasteiger partial charge is 0.483 e. The van der Waals surface area contributed by atoms with Crippen molar-refractivity contribution in [1.82, 2.24) is 10.2 Å². The van der Waals surface area contributed by atoms with E-state index in [1.54, 1.807) is 18.2 Å². The lowest BCUT2D eigenvalue weighted by Gasteiger charge is -2.32. The number of halogens is 2. The van der Waals surface area contributed by atoms with Gasteiger partial charge in [0.25, 0.3) is 5.91 Å². The molecule has 0 radical (unpaired) electrons. The zero-order valence-electron chi connectivity index (χ0n) is 20.8. The van der Waals surface area contributed by atoms with Crippen LogP contribution >= 0.6 is 15.9 Å². The fourth-order valence-corrected chi connectivity index (χ4v) is 4.39. The number of aryl methyl sites for hydroxylation is 1. The number of benzene rings is 3. The van der Waals surface area contributed by atoms with Gasteiger partial charge in [-0.25, -0.2) is 4.39 Å².